The molecule has 0 radical (unpaired) electrons. The van der Waals surface area contributed by atoms with Gasteiger partial charge in [0.15, 0.2) is 0 Å². The van der Waals surface area contributed by atoms with Gasteiger partial charge >= 0.3 is 0 Å². The number of ketones is 1. The molecule has 0 spiro atoms. The van der Waals surface area contributed by atoms with Gasteiger partial charge in [0.1, 0.15) is 5.78 Å². The summed E-state index contributed by atoms with van der Waals surface area (Å²) in [7, 11) is 0. The number of aromatic nitrogens is 2. The van der Waals surface area contributed by atoms with Crippen molar-refractivity contribution in [3.8, 4) is 0 Å². The highest BCUT2D eigenvalue weighted by Crippen LogP contribution is 2.15. The van der Waals surface area contributed by atoms with Gasteiger partial charge in [0.25, 0.3) is 0 Å². The molecule has 0 aromatic carbocycles. The van der Waals surface area contributed by atoms with Crippen LogP contribution in [0.4, 0.5) is 0 Å². The van der Waals surface area contributed by atoms with Gasteiger partial charge in [0, 0.05) is 19.0 Å². The van der Waals surface area contributed by atoms with Crippen LogP contribution in [-0.2, 0) is 11.2 Å². The summed E-state index contributed by atoms with van der Waals surface area (Å²) in [5.74, 6) is 0.351. The van der Waals surface area contributed by atoms with Crippen LogP contribution in [0.5, 0.6) is 0 Å². The number of carbonyl (C=O) groups excluding carboxylic acids is 1. The molecule has 0 amide bonds. The standard InChI is InChI=1S/C14H24N2O/c1-4-7-14(17)9-8-12-10-11-16(15-12)13(5-2)6-3/h10-11,13H,4-9H2,1-3H3. The number of nitrogens with zero attached hydrogens (tertiary/aromatic N) is 2. The van der Waals surface area contributed by atoms with Crippen LogP contribution in [0.25, 0.3) is 0 Å². The van der Waals surface area contributed by atoms with Crippen molar-refractivity contribution in [3.63, 3.8) is 0 Å². The quantitative estimate of drug-likeness (QED) is 0.692. The molecule has 0 bridgehead atoms. The van der Waals surface area contributed by atoms with Gasteiger partial charge in [-0.25, -0.2) is 0 Å². The number of aryl methyl sites for hydroxylation is 1. The molecule has 0 aliphatic rings. The first kappa shape index (κ1) is 13.9. The topological polar surface area (TPSA) is 34.9 Å². The van der Waals surface area contributed by atoms with E-state index in [0.717, 1.165) is 31.4 Å². The predicted molar refractivity (Wildman–Crippen MR) is 70.1 cm³/mol. The Morgan fingerprint density at radius 1 is 1.29 bits per heavy atom. The van der Waals surface area contributed by atoms with E-state index >= 15 is 0 Å². The van der Waals surface area contributed by atoms with Crippen LogP contribution in [0.2, 0.25) is 0 Å². The SMILES string of the molecule is CCCC(=O)CCc1ccn(C(CC)CC)n1. The van der Waals surface area contributed by atoms with Gasteiger partial charge in [-0.3, -0.25) is 9.48 Å². The summed E-state index contributed by atoms with van der Waals surface area (Å²) < 4.78 is 2.04. The highest BCUT2D eigenvalue weighted by Gasteiger charge is 2.08. The molecule has 0 aliphatic heterocycles. The Labute approximate surface area is 104 Å². The van der Waals surface area contributed by atoms with E-state index in [2.05, 4.69) is 18.9 Å². The lowest BCUT2D eigenvalue weighted by molar-refractivity contribution is -0.119. The average Bonchev–Trinajstić information content (AvgIpc) is 2.77. The molecule has 0 fully saturated rings. The van der Waals surface area contributed by atoms with E-state index in [4.69, 9.17) is 0 Å². The molecule has 96 valence electrons. The van der Waals surface area contributed by atoms with Crippen molar-refractivity contribution in [2.45, 2.75) is 65.3 Å². The van der Waals surface area contributed by atoms with Gasteiger partial charge in [-0.2, -0.15) is 5.10 Å². The molecule has 1 rings (SSSR count). The van der Waals surface area contributed by atoms with Crippen molar-refractivity contribution in [1.29, 1.82) is 0 Å². The van der Waals surface area contributed by atoms with Crippen molar-refractivity contribution in [1.82, 2.24) is 9.78 Å². The molecule has 1 aromatic heterocycles. The summed E-state index contributed by atoms with van der Waals surface area (Å²) in [5, 5.41) is 4.55. The maximum Gasteiger partial charge on any atom is 0.133 e. The molecular formula is C14H24N2O. The van der Waals surface area contributed by atoms with Gasteiger partial charge < -0.3 is 0 Å². The van der Waals surface area contributed by atoms with E-state index in [1.165, 1.54) is 0 Å². The van der Waals surface area contributed by atoms with Crippen LogP contribution in [0.1, 0.15) is 64.6 Å². The lowest BCUT2D eigenvalue weighted by atomic mass is 10.1. The molecule has 0 saturated heterocycles. The third-order valence-electron chi connectivity index (χ3n) is 3.17. The van der Waals surface area contributed by atoms with E-state index in [0.29, 0.717) is 24.7 Å². The van der Waals surface area contributed by atoms with Crippen molar-refractivity contribution in [3.05, 3.63) is 18.0 Å². The summed E-state index contributed by atoms with van der Waals surface area (Å²) in [6.45, 7) is 6.40. The molecule has 0 unspecified atom stereocenters. The predicted octanol–water partition coefficient (Wildman–Crippen LogP) is 3.55. The fourth-order valence-electron chi connectivity index (χ4n) is 2.05. The normalized spacial score (nSPS) is 11.1. The Morgan fingerprint density at radius 2 is 2.00 bits per heavy atom. The van der Waals surface area contributed by atoms with Gasteiger partial charge in [-0.1, -0.05) is 20.8 Å². The van der Waals surface area contributed by atoms with Crippen molar-refractivity contribution >= 4 is 5.78 Å². The zero-order valence-electron chi connectivity index (χ0n) is 11.3. The first-order valence-electron chi connectivity index (χ1n) is 6.76. The maximum absolute atomic E-state index is 11.4. The Kier molecular flexibility index (Phi) is 5.95. The number of hydrogen-bond donors (Lipinski definition) is 0. The second kappa shape index (κ2) is 7.25. The molecule has 0 N–H and O–H groups in total. The van der Waals surface area contributed by atoms with E-state index in [-0.39, 0.29) is 0 Å². The molecule has 1 heterocycles. The van der Waals surface area contributed by atoms with Crippen LogP contribution in [0.3, 0.4) is 0 Å². The van der Waals surface area contributed by atoms with Crippen LogP contribution in [0.15, 0.2) is 12.3 Å². The van der Waals surface area contributed by atoms with Gasteiger partial charge in [-0.05, 0) is 31.7 Å². The molecule has 0 saturated carbocycles. The minimum atomic E-state index is 0.351. The zero-order chi connectivity index (χ0) is 12.7. The Balaban J connectivity index is 2.48. The van der Waals surface area contributed by atoms with Crippen molar-refractivity contribution < 1.29 is 4.79 Å². The summed E-state index contributed by atoms with van der Waals surface area (Å²) in [6.07, 6.45) is 7.31. The highest BCUT2D eigenvalue weighted by molar-refractivity contribution is 5.78. The molecule has 0 atom stereocenters. The van der Waals surface area contributed by atoms with Crippen LogP contribution in [-0.4, -0.2) is 15.6 Å². The Morgan fingerprint density at radius 3 is 2.59 bits per heavy atom. The maximum atomic E-state index is 11.4. The largest absolute Gasteiger partial charge is 0.300 e. The molecule has 3 heteroatoms. The lowest BCUT2D eigenvalue weighted by Crippen LogP contribution is -2.08. The van der Waals surface area contributed by atoms with Crippen molar-refractivity contribution in [2.24, 2.45) is 0 Å². The van der Waals surface area contributed by atoms with E-state index in [9.17, 15) is 4.79 Å². The van der Waals surface area contributed by atoms with Crippen LogP contribution in [0, 0.1) is 0 Å². The minimum Gasteiger partial charge on any atom is -0.300 e. The first-order valence-corrected chi connectivity index (χ1v) is 6.76. The number of Topliss-reactive ketones (excluding diaryl/α,β-unsaturated/α-hetero) is 1. The van der Waals surface area contributed by atoms with E-state index < -0.39 is 0 Å². The second-order valence-corrected chi connectivity index (χ2v) is 4.55. The van der Waals surface area contributed by atoms with Gasteiger partial charge in [-0.15, -0.1) is 0 Å². The molecular weight excluding hydrogens is 212 g/mol. The number of hydrogen-bond acceptors (Lipinski definition) is 2. The molecule has 0 aliphatic carbocycles. The Hall–Kier alpha value is -1.12. The van der Waals surface area contributed by atoms with E-state index in [1.54, 1.807) is 0 Å². The fourth-order valence-corrected chi connectivity index (χ4v) is 2.05. The highest BCUT2D eigenvalue weighted by atomic mass is 16.1. The summed E-state index contributed by atoms with van der Waals surface area (Å²) in [5.41, 5.74) is 1.04. The summed E-state index contributed by atoms with van der Waals surface area (Å²) in [4.78, 5) is 11.4. The Bertz CT molecular complexity index is 340. The van der Waals surface area contributed by atoms with E-state index in [1.807, 2.05) is 23.9 Å². The second-order valence-electron chi connectivity index (χ2n) is 4.55. The third kappa shape index (κ3) is 4.33. The summed E-state index contributed by atoms with van der Waals surface area (Å²) in [6, 6.07) is 2.53. The van der Waals surface area contributed by atoms with Crippen molar-refractivity contribution in [2.75, 3.05) is 0 Å². The summed E-state index contributed by atoms with van der Waals surface area (Å²) >= 11 is 0. The zero-order valence-corrected chi connectivity index (χ0v) is 11.3. The first-order chi connectivity index (χ1) is 8.21. The minimum absolute atomic E-state index is 0.351. The fraction of sp³-hybridized carbons (Fsp3) is 0.714. The number of carbonyl (C=O) groups is 1. The molecule has 17 heavy (non-hydrogen) atoms. The van der Waals surface area contributed by atoms with Gasteiger partial charge in [0.05, 0.1) is 11.7 Å². The van der Waals surface area contributed by atoms with Crippen LogP contribution < -0.4 is 0 Å². The average molecular weight is 236 g/mol. The molecule has 3 nitrogen and oxygen atoms in total. The van der Waals surface area contributed by atoms with Gasteiger partial charge in [0.2, 0.25) is 0 Å². The monoisotopic (exact) mass is 236 g/mol. The third-order valence-corrected chi connectivity index (χ3v) is 3.17. The molecule has 1 aromatic rings. The lowest BCUT2D eigenvalue weighted by Gasteiger charge is -2.12. The smallest absolute Gasteiger partial charge is 0.133 e. The van der Waals surface area contributed by atoms with Crippen LogP contribution >= 0.6 is 0 Å². The number of rotatable bonds is 8.